The smallest absolute Gasteiger partial charge is 0.267 e. The van der Waals surface area contributed by atoms with E-state index >= 15 is 0 Å². The fourth-order valence-electron chi connectivity index (χ4n) is 4.31. The number of pyridine rings is 1. The topological polar surface area (TPSA) is 70.4 Å². The number of anilines is 2. The molecule has 10 heteroatoms. The Balaban J connectivity index is 1.52. The van der Waals surface area contributed by atoms with E-state index in [4.69, 9.17) is 21.9 Å². The van der Waals surface area contributed by atoms with Gasteiger partial charge in [0, 0.05) is 45.1 Å². The highest BCUT2D eigenvalue weighted by molar-refractivity contribution is 8.26. The van der Waals surface area contributed by atoms with Gasteiger partial charge in [-0.05, 0) is 48.9 Å². The van der Waals surface area contributed by atoms with Crippen LogP contribution < -0.4 is 20.1 Å². The maximum atomic E-state index is 13.6. The quantitative estimate of drug-likeness (QED) is 0.394. The van der Waals surface area contributed by atoms with E-state index in [0.29, 0.717) is 39.3 Å². The van der Waals surface area contributed by atoms with Gasteiger partial charge in [-0.1, -0.05) is 30.0 Å². The summed E-state index contributed by atoms with van der Waals surface area (Å²) in [6, 6.07) is 11.8. The standard InChI is InChI=1S/C25H25N5O3S2/c1-16-5-4-10-30-21(16)26-22(19(23(30)31)15-20-24(32)27(2)25(34)35-20)29-13-11-28(12-14-29)17-6-8-18(33-3)9-7-17/h4-10,15H,11-14H2,1-3H3/b20-15-. The number of fused-ring (bicyclic) bond motifs is 1. The second-order valence-corrected chi connectivity index (χ2v) is 10.1. The van der Waals surface area contributed by atoms with Crippen LogP contribution in [0.15, 0.2) is 52.3 Å². The Kier molecular flexibility index (Phi) is 6.24. The number of ether oxygens (including phenoxy) is 1. The van der Waals surface area contributed by atoms with E-state index in [1.165, 1.54) is 16.7 Å². The summed E-state index contributed by atoms with van der Waals surface area (Å²) < 4.78 is 7.29. The Hall–Kier alpha value is -3.37. The van der Waals surface area contributed by atoms with Crippen molar-refractivity contribution in [3.8, 4) is 5.75 Å². The molecule has 180 valence electrons. The summed E-state index contributed by atoms with van der Waals surface area (Å²) in [5.74, 6) is 1.22. The van der Waals surface area contributed by atoms with Gasteiger partial charge in [-0.2, -0.15) is 0 Å². The molecule has 2 fully saturated rings. The second kappa shape index (κ2) is 9.35. The SMILES string of the molecule is COc1ccc(N2CCN(c3nc4c(C)cccn4c(=O)c3/C=C3\SC(=S)N(C)C3=O)CC2)cc1. The van der Waals surface area contributed by atoms with Gasteiger partial charge in [-0.15, -0.1) is 0 Å². The molecular formula is C25H25N5O3S2. The number of amides is 1. The first-order chi connectivity index (χ1) is 16.9. The van der Waals surface area contributed by atoms with Gasteiger partial charge >= 0.3 is 0 Å². The lowest BCUT2D eigenvalue weighted by atomic mass is 10.2. The van der Waals surface area contributed by atoms with Crippen LogP contribution in [0.4, 0.5) is 11.5 Å². The normalized spacial score (nSPS) is 17.7. The van der Waals surface area contributed by atoms with Gasteiger partial charge in [0.05, 0.1) is 17.6 Å². The number of thiocarbonyl (C=S) groups is 1. The van der Waals surface area contributed by atoms with Crippen LogP contribution in [0.5, 0.6) is 5.75 Å². The summed E-state index contributed by atoms with van der Waals surface area (Å²) in [5.41, 5.74) is 2.85. The maximum absolute atomic E-state index is 13.6. The first-order valence-corrected chi connectivity index (χ1v) is 12.5. The predicted octanol–water partition coefficient (Wildman–Crippen LogP) is 3.17. The molecule has 0 spiro atoms. The number of carbonyl (C=O) groups excluding carboxylic acids is 1. The molecule has 0 saturated carbocycles. The van der Waals surface area contributed by atoms with E-state index < -0.39 is 0 Å². The van der Waals surface area contributed by atoms with Crippen LogP contribution in [-0.2, 0) is 4.79 Å². The van der Waals surface area contributed by atoms with Crippen LogP contribution in [0.1, 0.15) is 11.1 Å². The maximum Gasteiger partial charge on any atom is 0.267 e. The number of carbonyl (C=O) groups is 1. The molecular weight excluding hydrogens is 482 g/mol. The van der Waals surface area contributed by atoms with E-state index in [-0.39, 0.29) is 11.5 Å². The zero-order valence-corrected chi connectivity index (χ0v) is 21.4. The van der Waals surface area contributed by atoms with Gasteiger partial charge in [-0.3, -0.25) is 18.9 Å². The molecule has 4 heterocycles. The molecule has 0 bridgehead atoms. The Morgan fingerprint density at radius 2 is 1.74 bits per heavy atom. The molecule has 0 unspecified atom stereocenters. The molecule has 0 radical (unpaired) electrons. The minimum absolute atomic E-state index is 0.201. The lowest BCUT2D eigenvalue weighted by Crippen LogP contribution is -2.47. The van der Waals surface area contributed by atoms with Crippen molar-refractivity contribution >= 4 is 57.4 Å². The van der Waals surface area contributed by atoms with Crippen molar-refractivity contribution in [2.75, 3.05) is 50.1 Å². The molecule has 5 rings (SSSR count). The van der Waals surface area contributed by atoms with Gasteiger partial charge in [0.1, 0.15) is 21.5 Å². The highest BCUT2D eigenvalue weighted by Gasteiger charge is 2.30. The number of nitrogens with zero attached hydrogens (tertiary/aromatic N) is 5. The summed E-state index contributed by atoms with van der Waals surface area (Å²) >= 11 is 6.48. The van der Waals surface area contributed by atoms with Crippen molar-refractivity contribution in [1.29, 1.82) is 0 Å². The second-order valence-electron chi connectivity index (χ2n) is 8.45. The van der Waals surface area contributed by atoms with Crippen molar-refractivity contribution in [1.82, 2.24) is 14.3 Å². The Bertz CT molecular complexity index is 1410. The first kappa shape index (κ1) is 23.4. The van der Waals surface area contributed by atoms with Gasteiger partial charge in [-0.25, -0.2) is 4.98 Å². The number of piperazine rings is 1. The van der Waals surface area contributed by atoms with Gasteiger partial charge in [0.15, 0.2) is 0 Å². The number of hydrogen-bond donors (Lipinski definition) is 0. The largest absolute Gasteiger partial charge is 0.497 e. The molecule has 0 N–H and O–H groups in total. The Labute approximate surface area is 212 Å². The highest BCUT2D eigenvalue weighted by atomic mass is 32.2. The highest BCUT2D eigenvalue weighted by Crippen LogP contribution is 2.33. The van der Waals surface area contributed by atoms with Crippen molar-refractivity contribution in [2.24, 2.45) is 0 Å². The molecule has 0 atom stereocenters. The number of rotatable bonds is 4. The lowest BCUT2D eigenvalue weighted by Gasteiger charge is -2.37. The van der Waals surface area contributed by atoms with Crippen LogP contribution in [0.3, 0.4) is 0 Å². The number of thioether (sulfide) groups is 1. The average Bonchev–Trinajstić information content (AvgIpc) is 3.12. The lowest BCUT2D eigenvalue weighted by molar-refractivity contribution is -0.121. The minimum atomic E-state index is -0.205. The van der Waals surface area contributed by atoms with Crippen LogP contribution in [0, 0.1) is 6.92 Å². The van der Waals surface area contributed by atoms with Gasteiger partial charge in [0.2, 0.25) is 0 Å². The number of benzene rings is 1. The van der Waals surface area contributed by atoms with E-state index in [1.54, 1.807) is 30.8 Å². The van der Waals surface area contributed by atoms with Crippen molar-refractivity contribution in [3.63, 3.8) is 0 Å². The summed E-state index contributed by atoms with van der Waals surface area (Å²) in [5, 5.41) is 0. The van der Waals surface area contributed by atoms with Crippen LogP contribution in [0.2, 0.25) is 0 Å². The summed E-state index contributed by atoms with van der Waals surface area (Å²) in [4.78, 5) is 37.5. The zero-order chi connectivity index (χ0) is 24.7. The third-order valence-corrected chi connectivity index (χ3v) is 7.83. The van der Waals surface area contributed by atoms with E-state index in [9.17, 15) is 9.59 Å². The summed E-state index contributed by atoms with van der Waals surface area (Å²) in [6.07, 6.45) is 3.36. The number of hydrogen-bond acceptors (Lipinski definition) is 8. The van der Waals surface area contributed by atoms with Crippen LogP contribution in [0.25, 0.3) is 11.7 Å². The number of likely N-dealkylation sites (N-methyl/N-ethyl adjacent to an activating group) is 1. The number of methoxy groups -OCH3 is 1. The van der Waals surface area contributed by atoms with E-state index in [0.717, 1.165) is 30.1 Å². The molecule has 2 aromatic heterocycles. The molecule has 2 aliphatic rings. The van der Waals surface area contributed by atoms with Gasteiger partial charge < -0.3 is 14.5 Å². The molecule has 8 nitrogen and oxygen atoms in total. The molecule has 3 aromatic rings. The summed E-state index contributed by atoms with van der Waals surface area (Å²) in [7, 11) is 3.30. The summed E-state index contributed by atoms with van der Waals surface area (Å²) in [6.45, 7) is 4.87. The molecule has 0 aliphatic carbocycles. The zero-order valence-electron chi connectivity index (χ0n) is 19.7. The monoisotopic (exact) mass is 507 g/mol. The van der Waals surface area contributed by atoms with E-state index in [2.05, 4.69) is 21.9 Å². The fraction of sp³-hybridized carbons (Fsp3) is 0.280. The molecule has 35 heavy (non-hydrogen) atoms. The molecule has 1 amide bonds. The molecule has 2 aliphatic heterocycles. The molecule has 2 saturated heterocycles. The Morgan fingerprint density at radius 1 is 1.06 bits per heavy atom. The number of aromatic nitrogens is 2. The predicted molar refractivity (Wildman–Crippen MR) is 145 cm³/mol. The van der Waals surface area contributed by atoms with Crippen molar-refractivity contribution in [3.05, 3.63) is 69.0 Å². The van der Waals surface area contributed by atoms with Gasteiger partial charge in [0.25, 0.3) is 11.5 Å². The van der Waals surface area contributed by atoms with E-state index in [1.807, 2.05) is 31.2 Å². The van der Waals surface area contributed by atoms with Crippen molar-refractivity contribution in [2.45, 2.75) is 6.92 Å². The Morgan fingerprint density at radius 3 is 2.37 bits per heavy atom. The minimum Gasteiger partial charge on any atom is -0.497 e. The van der Waals surface area contributed by atoms with Crippen LogP contribution >= 0.6 is 24.0 Å². The average molecular weight is 508 g/mol. The fourth-order valence-corrected chi connectivity index (χ4v) is 5.48. The third-order valence-electron chi connectivity index (χ3n) is 6.34. The van der Waals surface area contributed by atoms with Crippen LogP contribution in [-0.4, -0.2) is 64.8 Å². The van der Waals surface area contributed by atoms with Crippen molar-refractivity contribution < 1.29 is 9.53 Å². The number of aryl methyl sites for hydroxylation is 1. The third kappa shape index (κ3) is 4.28. The molecule has 1 aromatic carbocycles. The first-order valence-electron chi connectivity index (χ1n) is 11.2.